The van der Waals surface area contributed by atoms with Gasteiger partial charge in [0.15, 0.2) is 0 Å². The van der Waals surface area contributed by atoms with Gasteiger partial charge in [0.05, 0.1) is 6.54 Å². The average Bonchev–Trinajstić information content (AvgIpc) is 2.13. The highest BCUT2D eigenvalue weighted by Gasteiger charge is 2.23. The second-order valence-corrected chi connectivity index (χ2v) is 2.31. The van der Waals surface area contributed by atoms with E-state index in [0.717, 1.165) is 0 Å². The van der Waals surface area contributed by atoms with Crippen LogP contribution in [0, 0.1) is 0 Å². The van der Waals surface area contributed by atoms with Crippen molar-refractivity contribution >= 4 is 11.9 Å². The van der Waals surface area contributed by atoms with Gasteiger partial charge in [-0.25, -0.2) is 4.79 Å². The Balaban J connectivity index is 2.31. The molecule has 56 valence electrons. The van der Waals surface area contributed by atoms with E-state index in [4.69, 9.17) is 4.74 Å². The number of alkyl carbamates (subject to hydrolysis) is 1. The third kappa shape index (κ3) is 1.72. The molecule has 0 aliphatic carbocycles. The quantitative estimate of drug-likeness (QED) is 0.595. The van der Waals surface area contributed by atoms with E-state index in [2.05, 4.69) is 5.32 Å². The van der Waals surface area contributed by atoms with Crippen LogP contribution in [-0.4, -0.2) is 24.5 Å². The van der Waals surface area contributed by atoms with E-state index in [1.165, 1.54) is 6.92 Å². The van der Waals surface area contributed by atoms with Gasteiger partial charge in [-0.3, -0.25) is 4.79 Å². The topological polar surface area (TPSA) is 55.4 Å². The maximum absolute atomic E-state index is 10.5. The molecule has 0 aromatic heterocycles. The van der Waals surface area contributed by atoms with Crippen molar-refractivity contribution in [2.75, 3.05) is 6.54 Å². The lowest BCUT2D eigenvalue weighted by Gasteiger charge is -2.02. The molecule has 0 radical (unpaired) electrons. The summed E-state index contributed by atoms with van der Waals surface area (Å²) in [6, 6.07) is 0. The number of rotatable bonds is 2. The highest BCUT2D eigenvalue weighted by molar-refractivity contribution is 5.77. The number of Topliss-reactive ketones (excluding diaryl/α,β-unsaturated/α-hetero) is 1. The van der Waals surface area contributed by atoms with Crippen molar-refractivity contribution in [3.8, 4) is 0 Å². The fourth-order valence-electron chi connectivity index (χ4n) is 0.866. The van der Waals surface area contributed by atoms with Gasteiger partial charge in [-0.1, -0.05) is 0 Å². The number of ketones is 1. The molecule has 1 saturated heterocycles. The smallest absolute Gasteiger partial charge is 0.407 e. The number of cyclic esters (lactones) is 1. The van der Waals surface area contributed by atoms with Crippen LogP contribution in [0.2, 0.25) is 0 Å². The first-order chi connectivity index (χ1) is 4.68. The van der Waals surface area contributed by atoms with Gasteiger partial charge in [0.2, 0.25) is 0 Å². The summed E-state index contributed by atoms with van der Waals surface area (Å²) in [6.07, 6.45) is -0.352. The van der Waals surface area contributed by atoms with E-state index in [9.17, 15) is 9.59 Å². The number of carbonyl (C=O) groups is 2. The molecule has 1 N–H and O–H groups in total. The Kier molecular flexibility index (Phi) is 1.89. The second-order valence-electron chi connectivity index (χ2n) is 2.31. The molecule has 1 atom stereocenters. The summed E-state index contributed by atoms with van der Waals surface area (Å²) in [7, 11) is 0. The summed E-state index contributed by atoms with van der Waals surface area (Å²) in [5.74, 6) is 0.0431. The number of carbonyl (C=O) groups excluding carboxylic acids is 2. The summed E-state index contributed by atoms with van der Waals surface area (Å²) in [6.45, 7) is 1.94. The predicted molar refractivity (Wildman–Crippen MR) is 33.6 cm³/mol. The lowest BCUT2D eigenvalue weighted by molar-refractivity contribution is -0.118. The van der Waals surface area contributed by atoms with Crippen LogP contribution >= 0.6 is 0 Å². The molecule has 10 heavy (non-hydrogen) atoms. The standard InChI is InChI=1S/C6H9NO3/c1-4(8)2-5-3-7-6(9)10-5/h5H,2-3H2,1H3,(H,7,9). The molecule has 0 aromatic rings. The zero-order valence-corrected chi connectivity index (χ0v) is 5.72. The van der Waals surface area contributed by atoms with Crippen LogP contribution in [0.1, 0.15) is 13.3 Å². The summed E-state index contributed by atoms with van der Waals surface area (Å²) in [5, 5.41) is 2.46. The molecule has 4 nitrogen and oxygen atoms in total. The van der Waals surface area contributed by atoms with Gasteiger partial charge in [-0.15, -0.1) is 0 Å². The Morgan fingerprint density at radius 2 is 2.60 bits per heavy atom. The molecule has 1 rings (SSSR count). The van der Waals surface area contributed by atoms with Gasteiger partial charge in [0, 0.05) is 6.42 Å². The molecular formula is C6H9NO3. The minimum Gasteiger partial charge on any atom is -0.444 e. The monoisotopic (exact) mass is 143 g/mol. The lowest BCUT2D eigenvalue weighted by atomic mass is 10.2. The number of hydrogen-bond acceptors (Lipinski definition) is 3. The third-order valence-corrected chi connectivity index (χ3v) is 1.26. The molecule has 0 spiro atoms. The average molecular weight is 143 g/mol. The zero-order valence-electron chi connectivity index (χ0n) is 5.72. The minimum atomic E-state index is -0.425. The van der Waals surface area contributed by atoms with Crippen molar-refractivity contribution in [2.45, 2.75) is 19.4 Å². The molecule has 0 bridgehead atoms. The van der Waals surface area contributed by atoms with E-state index in [1.807, 2.05) is 0 Å². The van der Waals surface area contributed by atoms with Gasteiger partial charge in [0.25, 0.3) is 0 Å². The Labute approximate surface area is 58.5 Å². The predicted octanol–water partition coefficient (Wildman–Crippen LogP) is 0.0739. The molecule has 1 fully saturated rings. The number of hydrogen-bond donors (Lipinski definition) is 1. The second kappa shape index (κ2) is 2.68. The zero-order chi connectivity index (χ0) is 7.56. The van der Waals surface area contributed by atoms with E-state index in [1.54, 1.807) is 0 Å². The first-order valence-electron chi connectivity index (χ1n) is 3.12. The lowest BCUT2D eigenvalue weighted by Crippen LogP contribution is -2.16. The highest BCUT2D eigenvalue weighted by atomic mass is 16.6. The van der Waals surface area contributed by atoms with Crippen molar-refractivity contribution in [3.63, 3.8) is 0 Å². The van der Waals surface area contributed by atoms with Gasteiger partial charge in [-0.05, 0) is 6.92 Å². The van der Waals surface area contributed by atoms with E-state index in [-0.39, 0.29) is 11.9 Å². The first-order valence-corrected chi connectivity index (χ1v) is 3.12. The van der Waals surface area contributed by atoms with Gasteiger partial charge >= 0.3 is 6.09 Å². The Morgan fingerprint density at radius 3 is 3.00 bits per heavy atom. The van der Waals surface area contributed by atoms with Crippen LogP contribution < -0.4 is 5.32 Å². The fraction of sp³-hybridized carbons (Fsp3) is 0.667. The number of amides is 1. The van der Waals surface area contributed by atoms with Crippen molar-refractivity contribution in [2.24, 2.45) is 0 Å². The summed E-state index contributed by atoms with van der Waals surface area (Å²) < 4.78 is 4.70. The maximum Gasteiger partial charge on any atom is 0.407 e. The van der Waals surface area contributed by atoms with E-state index < -0.39 is 6.09 Å². The van der Waals surface area contributed by atoms with Crippen LogP contribution in [0.5, 0.6) is 0 Å². The van der Waals surface area contributed by atoms with Crippen LogP contribution in [0.4, 0.5) is 4.79 Å². The summed E-state index contributed by atoms with van der Waals surface area (Å²) >= 11 is 0. The Bertz CT molecular complexity index is 166. The Hall–Kier alpha value is -1.06. The molecule has 0 aromatic carbocycles. The third-order valence-electron chi connectivity index (χ3n) is 1.26. The Morgan fingerprint density at radius 1 is 1.90 bits per heavy atom. The largest absolute Gasteiger partial charge is 0.444 e. The highest BCUT2D eigenvalue weighted by Crippen LogP contribution is 2.04. The molecule has 1 aliphatic heterocycles. The van der Waals surface area contributed by atoms with E-state index in [0.29, 0.717) is 13.0 Å². The first kappa shape index (κ1) is 7.05. The molecule has 0 saturated carbocycles. The summed E-state index contributed by atoms with van der Waals surface area (Å²) in [4.78, 5) is 20.9. The van der Waals surface area contributed by atoms with Crippen molar-refractivity contribution in [1.82, 2.24) is 5.32 Å². The number of ether oxygens (including phenoxy) is 1. The SMILES string of the molecule is CC(=O)CC1CNC(=O)O1. The van der Waals surface area contributed by atoms with Crippen molar-refractivity contribution < 1.29 is 14.3 Å². The molecule has 1 heterocycles. The van der Waals surface area contributed by atoms with Crippen LogP contribution in [0.15, 0.2) is 0 Å². The van der Waals surface area contributed by atoms with Gasteiger partial charge < -0.3 is 10.1 Å². The van der Waals surface area contributed by atoms with E-state index >= 15 is 0 Å². The van der Waals surface area contributed by atoms with Crippen molar-refractivity contribution in [1.29, 1.82) is 0 Å². The molecule has 1 aliphatic rings. The molecule has 4 heteroatoms. The summed E-state index contributed by atoms with van der Waals surface area (Å²) in [5.41, 5.74) is 0. The molecule has 1 unspecified atom stereocenters. The van der Waals surface area contributed by atoms with Crippen LogP contribution in [-0.2, 0) is 9.53 Å². The molecule has 1 amide bonds. The fourth-order valence-corrected chi connectivity index (χ4v) is 0.866. The minimum absolute atomic E-state index is 0.0431. The number of nitrogens with one attached hydrogen (secondary N) is 1. The van der Waals surface area contributed by atoms with Gasteiger partial charge in [-0.2, -0.15) is 0 Å². The molecular weight excluding hydrogens is 134 g/mol. The van der Waals surface area contributed by atoms with Crippen molar-refractivity contribution in [3.05, 3.63) is 0 Å². The van der Waals surface area contributed by atoms with Crippen LogP contribution in [0.3, 0.4) is 0 Å². The normalized spacial score (nSPS) is 23.7. The van der Waals surface area contributed by atoms with Crippen LogP contribution in [0.25, 0.3) is 0 Å². The van der Waals surface area contributed by atoms with Gasteiger partial charge in [0.1, 0.15) is 11.9 Å². The maximum atomic E-state index is 10.5.